The Morgan fingerprint density at radius 3 is 2.61 bits per heavy atom. The van der Waals surface area contributed by atoms with Gasteiger partial charge >= 0.3 is 0 Å². The zero-order valence-electron chi connectivity index (χ0n) is 15.8. The summed E-state index contributed by atoms with van der Waals surface area (Å²) in [6.07, 6.45) is 0. The van der Waals surface area contributed by atoms with E-state index in [0.29, 0.717) is 39.5 Å². The highest BCUT2D eigenvalue weighted by atomic mass is 16.5. The second kappa shape index (κ2) is 7.15. The lowest BCUT2D eigenvalue weighted by atomic mass is 10.0. The first kappa shape index (κ1) is 17.7. The Morgan fingerprint density at radius 2 is 1.86 bits per heavy atom. The summed E-state index contributed by atoms with van der Waals surface area (Å²) in [6, 6.07) is 16.9. The van der Waals surface area contributed by atoms with Crippen LogP contribution in [-0.4, -0.2) is 23.2 Å². The van der Waals surface area contributed by atoms with Gasteiger partial charge in [-0.2, -0.15) is 0 Å². The largest absolute Gasteiger partial charge is 0.497 e. The third-order valence-corrected chi connectivity index (χ3v) is 4.54. The van der Waals surface area contributed by atoms with E-state index < -0.39 is 0 Å². The molecule has 0 bridgehead atoms. The number of ether oxygens (including phenoxy) is 1. The predicted octanol–water partition coefficient (Wildman–Crippen LogP) is 4.77. The number of benzene rings is 2. The van der Waals surface area contributed by atoms with Gasteiger partial charge in [-0.05, 0) is 32.0 Å². The number of nitrogens with zero attached hydrogens (tertiary/aromatic N) is 2. The number of amides is 1. The number of methoxy groups -OCH3 is 1. The van der Waals surface area contributed by atoms with Gasteiger partial charge < -0.3 is 14.6 Å². The van der Waals surface area contributed by atoms with Gasteiger partial charge in [-0.15, -0.1) is 0 Å². The maximum atomic E-state index is 13.1. The number of hydrogen-bond donors (Lipinski definition) is 1. The Balaban J connectivity index is 1.78. The summed E-state index contributed by atoms with van der Waals surface area (Å²) in [5, 5.41) is 7.51. The summed E-state index contributed by atoms with van der Waals surface area (Å²) < 4.78 is 10.6. The Morgan fingerprint density at radius 1 is 1.07 bits per heavy atom. The van der Waals surface area contributed by atoms with Crippen molar-refractivity contribution in [3.05, 3.63) is 71.4 Å². The molecule has 0 radical (unpaired) electrons. The average Bonchev–Trinajstić information content (AvgIpc) is 3.09. The standard InChI is InChI=1S/C22H19N3O3/c1-13-7-9-15(10-8-13)19-12-18(20-14(2)25-28-22(20)24-19)21(26)23-16-5-4-6-17(11-16)27-3/h4-12H,1-3H3,(H,23,26). The Labute approximate surface area is 162 Å². The highest BCUT2D eigenvalue weighted by molar-refractivity contribution is 6.13. The zero-order valence-corrected chi connectivity index (χ0v) is 15.8. The van der Waals surface area contributed by atoms with E-state index in [4.69, 9.17) is 9.26 Å². The first-order chi connectivity index (χ1) is 13.5. The van der Waals surface area contributed by atoms with Crippen LogP contribution in [-0.2, 0) is 0 Å². The molecule has 6 nitrogen and oxygen atoms in total. The van der Waals surface area contributed by atoms with Crippen LogP contribution in [0.5, 0.6) is 5.75 Å². The lowest BCUT2D eigenvalue weighted by molar-refractivity contribution is 0.102. The van der Waals surface area contributed by atoms with Gasteiger partial charge in [0.2, 0.25) is 0 Å². The van der Waals surface area contributed by atoms with E-state index in [1.807, 2.05) is 43.3 Å². The third-order valence-electron chi connectivity index (χ3n) is 4.54. The van der Waals surface area contributed by atoms with Crippen molar-refractivity contribution in [3.63, 3.8) is 0 Å². The van der Waals surface area contributed by atoms with Gasteiger partial charge in [-0.25, -0.2) is 4.98 Å². The van der Waals surface area contributed by atoms with E-state index in [-0.39, 0.29) is 5.91 Å². The van der Waals surface area contributed by atoms with E-state index in [2.05, 4.69) is 15.5 Å². The number of fused-ring (bicyclic) bond motifs is 1. The molecule has 4 aromatic rings. The van der Waals surface area contributed by atoms with Crippen LogP contribution >= 0.6 is 0 Å². The first-order valence-electron chi connectivity index (χ1n) is 8.84. The molecule has 2 heterocycles. The molecule has 0 saturated carbocycles. The molecule has 28 heavy (non-hydrogen) atoms. The fourth-order valence-corrected chi connectivity index (χ4v) is 3.05. The maximum absolute atomic E-state index is 13.1. The molecular formula is C22H19N3O3. The molecule has 140 valence electrons. The lowest BCUT2D eigenvalue weighted by Gasteiger charge is -2.09. The van der Waals surface area contributed by atoms with Crippen LogP contribution in [0.4, 0.5) is 5.69 Å². The molecule has 4 rings (SSSR count). The molecule has 0 spiro atoms. The second-order valence-electron chi connectivity index (χ2n) is 6.56. The number of carbonyl (C=O) groups excluding carboxylic acids is 1. The van der Waals surface area contributed by atoms with Gasteiger partial charge in [0.1, 0.15) is 5.75 Å². The van der Waals surface area contributed by atoms with Crippen molar-refractivity contribution >= 4 is 22.7 Å². The molecule has 1 amide bonds. The summed E-state index contributed by atoms with van der Waals surface area (Å²) in [6.45, 7) is 3.81. The normalized spacial score (nSPS) is 10.8. The van der Waals surface area contributed by atoms with Crippen molar-refractivity contribution in [3.8, 4) is 17.0 Å². The average molecular weight is 373 g/mol. The quantitative estimate of drug-likeness (QED) is 0.558. The van der Waals surface area contributed by atoms with E-state index in [1.54, 1.807) is 32.2 Å². The molecule has 0 saturated heterocycles. The van der Waals surface area contributed by atoms with Crippen LogP contribution in [0.1, 0.15) is 21.6 Å². The number of rotatable bonds is 4. The van der Waals surface area contributed by atoms with E-state index in [0.717, 1.165) is 11.1 Å². The third kappa shape index (κ3) is 3.32. The SMILES string of the molecule is COc1cccc(NC(=O)c2cc(-c3ccc(C)cc3)nc3onc(C)c23)c1. The van der Waals surface area contributed by atoms with Crippen molar-refractivity contribution < 1.29 is 14.1 Å². The number of nitrogens with one attached hydrogen (secondary N) is 1. The van der Waals surface area contributed by atoms with Crippen LogP contribution in [0.25, 0.3) is 22.4 Å². The Bertz CT molecular complexity index is 1160. The van der Waals surface area contributed by atoms with Crippen molar-refractivity contribution in [2.75, 3.05) is 12.4 Å². The molecular weight excluding hydrogens is 354 g/mol. The Hall–Kier alpha value is -3.67. The second-order valence-corrected chi connectivity index (χ2v) is 6.56. The molecule has 0 aliphatic carbocycles. The molecule has 2 aromatic heterocycles. The molecule has 0 aliphatic heterocycles. The molecule has 0 unspecified atom stereocenters. The van der Waals surface area contributed by atoms with Crippen LogP contribution in [0.3, 0.4) is 0 Å². The summed E-state index contributed by atoms with van der Waals surface area (Å²) >= 11 is 0. The van der Waals surface area contributed by atoms with E-state index in [1.165, 1.54) is 0 Å². The molecule has 0 aliphatic rings. The smallest absolute Gasteiger partial charge is 0.259 e. The molecule has 2 aromatic carbocycles. The van der Waals surface area contributed by atoms with Gasteiger partial charge in [0.15, 0.2) is 0 Å². The van der Waals surface area contributed by atoms with Crippen molar-refractivity contribution in [2.24, 2.45) is 0 Å². The van der Waals surface area contributed by atoms with Crippen molar-refractivity contribution in [1.29, 1.82) is 0 Å². The minimum atomic E-state index is -0.264. The summed E-state index contributed by atoms with van der Waals surface area (Å²) in [4.78, 5) is 17.6. The van der Waals surface area contributed by atoms with Crippen LogP contribution in [0.2, 0.25) is 0 Å². The first-order valence-corrected chi connectivity index (χ1v) is 8.84. The number of carbonyl (C=O) groups is 1. The van der Waals surface area contributed by atoms with Crippen LogP contribution in [0.15, 0.2) is 59.1 Å². The lowest BCUT2D eigenvalue weighted by Crippen LogP contribution is -2.13. The number of hydrogen-bond acceptors (Lipinski definition) is 5. The van der Waals surface area contributed by atoms with Gasteiger partial charge in [-0.3, -0.25) is 4.79 Å². The van der Waals surface area contributed by atoms with Gasteiger partial charge in [0.05, 0.1) is 29.4 Å². The molecule has 0 fully saturated rings. The van der Waals surface area contributed by atoms with Crippen LogP contribution in [0, 0.1) is 13.8 Å². The summed E-state index contributed by atoms with van der Waals surface area (Å²) in [5.41, 5.74) is 4.76. The molecule has 0 atom stereocenters. The van der Waals surface area contributed by atoms with Crippen molar-refractivity contribution in [1.82, 2.24) is 10.1 Å². The van der Waals surface area contributed by atoms with Gasteiger partial charge in [0, 0.05) is 17.3 Å². The minimum absolute atomic E-state index is 0.264. The fraction of sp³-hybridized carbons (Fsp3) is 0.136. The summed E-state index contributed by atoms with van der Waals surface area (Å²) in [7, 11) is 1.59. The zero-order chi connectivity index (χ0) is 19.7. The van der Waals surface area contributed by atoms with Gasteiger partial charge in [-0.1, -0.05) is 41.1 Å². The van der Waals surface area contributed by atoms with Crippen molar-refractivity contribution in [2.45, 2.75) is 13.8 Å². The predicted molar refractivity (Wildman–Crippen MR) is 108 cm³/mol. The molecule has 1 N–H and O–H groups in total. The number of aromatic nitrogens is 2. The molecule has 6 heteroatoms. The van der Waals surface area contributed by atoms with E-state index in [9.17, 15) is 4.79 Å². The summed E-state index contributed by atoms with van der Waals surface area (Å²) in [5.74, 6) is 0.402. The number of aryl methyl sites for hydroxylation is 2. The highest BCUT2D eigenvalue weighted by Gasteiger charge is 2.19. The van der Waals surface area contributed by atoms with Gasteiger partial charge in [0.25, 0.3) is 11.6 Å². The highest BCUT2D eigenvalue weighted by Crippen LogP contribution is 2.28. The number of anilines is 1. The van der Waals surface area contributed by atoms with E-state index >= 15 is 0 Å². The minimum Gasteiger partial charge on any atom is -0.497 e. The topological polar surface area (TPSA) is 77.2 Å². The monoisotopic (exact) mass is 373 g/mol. The van der Waals surface area contributed by atoms with Crippen LogP contribution < -0.4 is 10.1 Å². The fourth-order valence-electron chi connectivity index (χ4n) is 3.05. The Kier molecular flexibility index (Phi) is 4.53. The maximum Gasteiger partial charge on any atom is 0.259 e. The number of pyridine rings is 1.